The lowest BCUT2D eigenvalue weighted by atomic mass is 10.0. The van der Waals surface area contributed by atoms with Gasteiger partial charge in [-0.25, -0.2) is 9.97 Å². The second-order valence-corrected chi connectivity index (χ2v) is 10.3. The molecule has 0 aliphatic carbocycles. The minimum atomic E-state index is 0.196. The quantitative estimate of drug-likeness (QED) is 0.195. The van der Waals surface area contributed by atoms with Crippen LogP contribution in [-0.2, 0) is 0 Å². The molecule has 0 saturated carbocycles. The Kier molecular flexibility index (Phi) is 7.06. The average molecular weight is 571 g/mol. The number of aliphatic imine (C=N–C) groups is 2. The van der Waals surface area contributed by atoms with Crippen molar-refractivity contribution in [2.75, 3.05) is 0 Å². The van der Waals surface area contributed by atoms with Crippen molar-refractivity contribution in [1.82, 2.24) is 9.97 Å². The van der Waals surface area contributed by atoms with Gasteiger partial charge in [-0.3, -0.25) is 9.98 Å². The molecular formula is C38H26N4O2. The molecular weight excluding hydrogens is 544 g/mol. The van der Waals surface area contributed by atoms with Crippen molar-refractivity contribution in [3.8, 4) is 34.0 Å². The van der Waals surface area contributed by atoms with Crippen molar-refractivity contribution >= 4 is 45.3 Å². The van der Waals surface area contributed by atoms with E-state index in [-0.39, 0.29) is 11.5 Å². The third-order valence-electron chi connectivity index (χ3n) is 7.57. The molecule has 1 heterocycles. The molecule has 0 unspecified atom stereocenters. The fraction of sp³-hybridized carbons (Fsp3) is 0. The number of benzene rings is 6. The molecule has 1 aromatic heterocycles. The molecule has 0 fully saturated rings. The predicted molar refractivity (Wildman–Crippen MR) is 179 cm³/mol. The van der Waals surface area contributed by atoms with E-state index >= 15 is 0 Å². The molecule has 6 aromatic carbocycles. The summed E-state index contributed by atoms with van der Waals surface area (Å²) >= 11 is 0. The van der Waals surface area contributed by atoms with E-state index in [4.69, 9.17) is 0 Å². The summed E-state index contributed by atoms with van der Waals surface area (Å²) in [5.41, 5.74) is 6.39. The molecule has 7 rings (SSSR count). The van der Waals surface area contributed by atoms with Crippen LogP contribution in [0.15, 0.2) is 144 Å². The van der Waals surface area contributed by atoms with Gasteiger partial charge in [0.25, 0.3) is 0 Å². The number of nitrogens with zero attached hydrogens (tertiary/aromatic N) is 4. The number of aromatic nitrogens is 2. The van der Waals surface area contributed by atoms with Crippen molar-refractivity contribution in [2.24, 2.45) is 9.98 Å². The molecule has 2 N–H and O–H groups in total. The van der Waals surface area contributed by atoms with Gasteiger partial charge in [0.05, 0.1) is 22.8 Å². The lowest BCUT2D eigenvalue weighted by molar-refractivity contribution is 0.475. The van der Waals surface area contributed by atoms with Crippen LogP contribution in [0.1, 0.15) is 11.1 Å². The molecule has 7 aromatic rings. The minimum absolute atomic E-state index is 0.196. The maximum Gasteiger partial charge on any atom is 0.124 e. The third-order valence-corrected chi connectivity index (χ3v) is 7.57. The summed E-state index contributed by atoms with van der Waals surface area (Å²) in [5, 5.41) is 24.8. The molecule has 0 bridgehead atoms. The van der Waals surface area contributed by atoms with E-state index in [1.165, 1.54) is 0 Å². The van der Waals surface area contributed by atoms with E-state index in [0.29, 0.717) is 11.1 Å². The largest absolute Gasteiger partial charge is 0.507 e. The summed E-state index contributed by atoms with van der Waals surface area (Å²) in [6.45, 7) is 0. The molecule has 210 valence electrons. The number of rotatable bonds is 6. The summed E-state index contributed by atoms with van der Waals surface area (Å²) in [4.78, 5) is 18.2. The van der Waals surface area contributed by atoms with E-state index in [2.05, 4.69) is 20.0 Å². The van der Waals surface area contributed by atoms with Crippen LogP contribution in [0.4, 0.5) is 11.4 Å². The Morgan fingerprint density at radius 3 is 1.36 bits per heavy atom. The average Bonchev–Trinajstić information content (AvgIpc) is 3.08. The van der Waals surface area contributed by atoms with E-state index in [1.807, 2.05) is 115 Å². The van der Waals surface area contributed by atoms with Crippen LogP contribution < -0.4 is 0 Å². The summed E-state index contributed by atoms with van der Waals surface area (Å²) in [7, 11) is 0. The second-order valence-electron chi connectivity index (χ2n) is 10.3. The highest BCUT2D eigenvalue weighted by molar-refractivity contribution is 6.04. The minimum Gasteiger partial charge on any atom is -0.507 e. The van der Waals surface area contributed by atoms with Gasteiger partial charge in [-0.2, -0.15) is 0 Å². The fourth-order valence-electron chi connectivity index (χ4n) is 5.23. The van der Waals surface area contributed by atoms with Gasteiger partial charge < -0.3 is 10.2 Å². The van der Waals surface area contributed by atoms with Crippen LogP contribution in [0.3, 0.4) is 0 Å². The fourth-order valence-corrected chi connectivity index (χ4v) is 5.23. The number of fused-ring (bicyclic) bond motifs is 2. The smallest absolute Gasteiger partial charge is 0.124 e. The lowest BCUT2D eigenvalue weighted by Crippen LogP contribution is -1.89. The number of phenolic OH excluding ortho intramolecular Hbond substituents is 2. The van der Waals surface area contributed by atoms with Crippen LogP contribution in [0.5, 0.6) is 11.5 Å². The van der Waals surface area contributed by atoms with E-state index in [0.717, 1.165) is 55.4 Å². The topological polar surface area (TPSA) is 91.0 Å². The molecule has 6 heteroatoms. The first-order chi connectivity index (χ1) is 21.6. The van der Waals surface area contributed by atoms with Crippen molar-refractivity contribution in [3.05, 3.63) is 145 Å². The molecule has 0 aliphatic heterocycles. The first-order valence-corrected chi connectivity index (χ1v) is 14.1. The Bertz CT molecular complexity index is 2030. The zero-order valence-corrected chi connectivity index (χ0v) is 23.5. The van der Waals surface area contributed by atoms with Gasteiger partial charge >= 0.3 is 0 Å². The summed E-state index contributed by atoms with van der Waals surface area (Å²) < 4.78 is 0. The molecule has 44 heavy (non-hydrogen) atoms. The molecule has 0 aliphatic rings. The SMILES string of the molecule is Oc1ccc2ccccc2c1C=Nc1ccc(-c2cc(-c3ccc(N=Cc4c(O)ccc5ccccc45)cc3)ncn2)cc1. The summed E-state index contributed by atoms with van der Waals surface area (Å²) in [5.74, 6) is 0.392. The predicted octanol–water partition coefficient (Wildman–Crippen LogP) is 9.03. The molecule has 0 saturated heterocycles. The lowest BCUT2D eigenvalue weighted by Gasteiger charge is -2.06. The van der Waals surface area contributed by atoms with Crippen LogP contribution in [0.2, 0.25) is 0 Å². The van der Waals surface area contributed by atoms with Crippen LogP contribution in [0.25, 0.3) is 44.1 Å². The summed E-state index contributed by atoms with van der Waals surface area (Å²) in [6.07, 6.45) is 4.97. The number of aromatic hydroxyl groups is 2. The molecule has 0 atom stereocenters. The normalized spacial score (nSPS) is 11.6. The second kappa shape index (κ2) is 11.6. The van der Waals surface area contributed by atoms with Crippen molar-refractivity contribution in [3.63, 3.8) is 0 Å². The number of hydrogen-bond donors (Lipinski definition) is 2. The van der Waals surface area contributed by atoms with Crippen molar-refractivity contribution in [1.29, 1.82) is 0 Å². The molecule has 0 amide bonds. The van der Waals surface area contributed by atoms with Crippen LogP contribution in [-0.4, -0.2) is 32.6 Å². The van der Waals surface area contributed by atoms with Gasteiger partial charge in [0.1, 0.15) is 17.8 Å². The van der Waals surface area contributed by atoms with Gasteiger partial charge in [-0.05, 0) is 64.0 Å². The maximum absolute atomic E-state index is 10.4. The van der Waals surface area contributed by atoms with Crippen LogP contribution in [0, 0.1) is 0 Å². The van der Waals surface area contributed by atoms with Gasteiger partial charge in [0.2, 0.25) is 0 Å². The highest BCUT2D eigenvalue weighted by Crippen LogP contribution is 2.29. The van der Waals surface area contributed by atoms with E-state index in [9.17, 15) is 10.2 Å². The maximum atomic E-state index is 10.4. The molecule has 0 spiro atoms. The standard InChI is InChI=1S/C38H26N4O2/c43-37-19-13-25-5-1-3-7-31(25)33(37)22-39-29-15-9-27(10-16-29)35-21-36(42-24-41-35)28-11-17-30(18-12-28)40-23-34-32-8-4-2-6-26(32)14-20-38(34)44/h1-24,43-44H. The monoisotopic (exact) mass is 570 g/mol. The number of phenols is 2. The first-order valence-electron chi connectivity index (χ1n) is 14.1. The Morgan fingerprint density at radius 2 is 0.909 bits per heavy atom. The Hall–Kier alpha value is -6.14. The highest BCUT2D eigenvalue weighted by atomic mass is 16.3. The molecule has 0 radical (unpaired) electrons. The Morgan fingerprint density at radius 1 is 0.477 bits per heavy atom. The molecule has 6 nitrogen and oxygen atoms in total. The zero-order chi connectivity index (χ0) is 29.9. The van der Waals surface area contributed by atoms with Crippen molar-refractivity contribution < 1.29 is 10.2 Å². The van der Waals surface area contributed by atoms with E-state index in [1.54, 1.807) is 30.9 Å². The van der Waals surface area contributed by atoms with Crippen molar-refractivity contribution in [2.45, 2.75) is 0 Å². The van der Waals surface area contributed by atoms with Gasteiger partial charge in [-0.15, -0.1) is 0 Å². The van der Waals surface area contributed by atoms with Gasteiger partial charge in [0.15, 0.2) is 0 Å². The Balaban J connectivity index is 1.09. The third kappa shape index (κ3) is 5.40. The van der Waals surface area contributed by atoms with Gasteiger partial charge in [-0.1, -0.05) is 84.9 Å². The first kappa shape index (κ1) is 26.7. The number of hydrogen-bond acceptors (Lipinski definition) is 6. The van der Waals surface area contributed by atoms with Gasteiger partial charge in [0, 0.05) is 34.7 Å². The highest BCUT2D eigenvalue weighted by Gasteiger charge is 2.08. The summed E-state index contributed by atoms with van der Waals surface area (Å²) in [6, 6.07) is 40.6. The zero-order valence-electron chi connectivity index (χ0n) is 23.5. The Labute approximate surface area is 254 Å². The van der Waals surface area contributed by atoms with Crippen LogP contribution >= 0.6 is 0 Å². The van der Waals surface area contributed by atoms with E-state index < -0.39 is 0 Å².